The molecule has 0 bridgehead atoms. The van der Waals surface area contributed by atoms with E-state index in [1.807, 2.05) is 48.6 Å². The number of allylic oxidation sites excluding steroid dienone is 5. The van der Waals surface area contributed by atoms with E-state index in [1.165, 1.54) is 18.2 Å². The van der Waals surface area contributed by atoms with Gasteiger partial charge in [-0.3, -0.25) is 14.6 Å². The third-order valence-corrected chi connectivity index (χ3v) is 9.05. The summed E-state index contributed by atoms with van der Waals surface area (Å²) in [6.45, 7) is 0. The van der Waals surface area contributed by atoms with Gasteiger partial charge in [-0.1, -0.05) is 102 Å². The van der Waals surface area contributed by atoms with Crippen LogP contribution >= 0.6 is 11.6 Å². The second-order valence-electron chi connectivity index (χ2n) is 11.8. The van der Waals surface area contributed by atoms with E-state index in [1.54, 1.807) is 48.8 Å². The first-order chi connectivity index (χ1) is 23.6. The third-order valence-electron chi connectivity index (χ3n) is 8.82. The molecule has 0 saturated heterocycles. The summed E-state index contributed by atoms with van der Waals surface area (Å²) in [6, 6.07) is 24.3. The molecule has 4 aromatic rings. The van der Waals surface area contributed by atoms with Crippen LogP contribution in [0.5, 0.6) is 0 Å². The van der Waals surface area contributed by atoms with Crippen molar-refractivity contribution in [2.24, 2.45) is 10.9 Å². The van der Waals surface area contributed by atoms with Crippen LogP contribution < -0.4 is 15.8 Å². The SMILES string of the molecule is O=C(c1ccccc1)c1cc(Cl)ccc1NC(=O)[C@H](OC(=O)C(F)(F)F)C1CC=CC2=C1CC=C1C=NC=c3ccc4ccccc4c3=C12. The lowest BCUT2D eigenvalue weighted by atomic mass is 9.74. The maximum absolute atomic E-state index is 14.1. The Bertz CT molecular complexity index is 2310. The number of hydrogen-bond donors (Lipinski definition) is 1. The molecule has 2 atom stereocenters. The minimum atomic E-state index is -5.35. The zero-order valence-corrected chi connectivity index (χ0v) is 26.4. The normalized spacial score (nSPS) is 17.2. The molecule has 49 heavy (non-hydrogen) atoms. The number of anilines is 1. The Kier molecular flexibility index (Phi) is 8.38. The molecule has 0 aromatic heterocycles. The molecule has 1 aliphatic heterocycles. The summed E-state index contributed by atoms with van der Waals surface area (Å²) < 4.78 is 46.0. The Hall–Kier alpha value is -5.54. The number of carbonyl (C=O) groups excluding carboxylic acids is 3. The van der Waals surface area contributed by atoms with E-state index >= 15 is 0 Å². The second kappa shape index (κ2) is 12.8. The van der Waals surface area contributed by atoms with Gasteiger partial charge in [0.1, 0.15) is 0 Å². The number of halogens is 4. The van der Waals surface area contributed by atoms with Gasteiger partial charge in [0, 0.05) is 39.7 Å². The van der Waals surface area contributed by atoms with Gasteiger partial charge in [0.25, 0.3) is 5.91 Å². The minimum Gasteiger partial charge on any atom is -0.445 e. The van der Waals surface area contributed by atoms with Crippen LogP contribution in [0.2, 0.25) is 5.02 Å². The van der Waals surface area contributed by atoms with Crippen molar-refractivity contribution < 1.29 is 32.3 Å². The van der Waals surface area contributed by atoms with Gasteiger partial charge < -0.3 is 10.1 Å². The van der Waals surface area contributed by atoms with Gasteiger partial charge in [-0.05, 0) is 63.8 Å². The first-order valence-electron chi connectivity index (χ1n) is 15.4. The molecule has 1 amide bonds. The lowest BCUT2D eigenvalue weighted by Crippen LogP contribution is -2.43. The molecule has 0 saturated carbocycles. The van der Waals surface area contributed by atoms with E-state index in [0.717, 1.165) is 37.9 Å². The quantitative estimate of drug-likeness (QED) is 0.176. The topological polar surface area (TPSA) is 84.8 Å². The first kappa shape index (κ1) is 32.0. The number of rotatable bonds is 6. The smallest absolute Gasteiger partial charge is 0.445 e. The Morgan fingerprint density at radius 1 is 0.959 bits per heavy atom. The highest BCUT2D eigenvalue weighted by Gasteiger charge is 2.46. The highest BCUT2D eigenvalue weighted by atomic mass is 35.5. The standard InChI is InChI=1S/C39H26ClF3N2O4/c40-26-16-18-32(31(19-26)35(46)23-8-2-1-3-9-23)45-37(47)36(49-38(48)39(41,42)43)30-12-6-11-29-28(30)17-15-25-21-44-20-24-14-13-22-7-4-5-10-27(22)33(24)34(25)29/h1-11,13-16,18-21,30,36H,12,17H2,(H,45,47)/t30?,36-/m1/s1. The van der Waals surface area contributed by atoms with Crippen LogP contribution in [0.25, 0.3) is 22.5 Å². The van der Waals surface area contributed by atoms with E-state index in [9.17, 15) is 27.6 Å². The summed E-state index contributed by atoms with van der Waals surface area (Å²) >= 11 is 6.21. The summed E-state index contributed by atoms with van der Waals surface area (Å²) in [5, 5.41) is 6.51. The second-order valence-corrected chi connectivity index (χ2v) is 12.2. The zero-order valence-electron chi connectivity index (χ0n) is 25.6. The van der Waals surface area contributed by atoms with Gasteiger partial charge in [0.15, 0.2) is 11.9 Å². The Morgan fingerprint density at radius 2 is 1.73 bits per heavy atom. The van der Waals surface area contributed by atoms with Crippen molar-refractivity contribution in [2.75, 3.05) is 5.32 Å². The van der Waals surface area contributed by atoms with E-state index in [2.05, 4.69) is 10.3 Å². The molecule has 3 aliphatic rings. The number of aliphatic imine (C=N–C) groups is 1. The molecule has 1 N–H and O–H groups in total. The number of ether oxygens (including phenoxy) is 1. The highest BCUT2D eigenvalue weighted by Crippen LogP contribution is 2.42. The van der Waals surface area contributed by atoms with E-state index in [4.69, 9.17) is 16.3 Å². The summed E-state index contributed by atoms with van der Waals surface area (Å²) in [6.07, 6.45) is 2.25. The molecule has 6 nitrogen and oxygen atoms in total. The number of fused-ring (bicyclic) bond motifs is 5. The molecule has 1 heterocycles. The van der Waals surface area contributed by atoms with E-state index in [-0.39, 0.29) is 29.1 Å². The average molecular weight is 679 g/mol. The third kappa shape index (κ3) is 6.13. The Morgan fingerprint density at radius 3 is 2.53 bits per heavy atom. The summed E-state index contributed by atoms with van der Waals surface area (Å²) in [5.74, 6) is -4.93. The number of amides is 1. The predicted molar refractivity (Wildman–Crippen MR) is 182 cm³/mol. The highest BCUT2D eigenvalue weighted by molar-refractivity contribution is 6.31. The Labute approximate surface area is 283 Å². The van der Waals surface area contributed by atoms with Crippen LogP contribution in [0.1, 0.15) is 28.8 Å². The molecular weight excluding hydrogens is 653 g/mol. The molecule has 10 heteroatoms. The van der Waals surface area contributed by atoms with Crippen LogP contribution in [0, 0.1) is 5.92 Å². The van der Waals surface area contributed by atoms with E-state index < -0.39 is 35.9 Å². The van der Waals surface area contributed by atoms with Crippen LogP contribution in [-0.4, -0.2) is 36.2 Å². The zero-order chi connectivity index (χ0) is 34.3. The monoisotopic (exact) mass is 678 g/mol. The maximum Gasteiger partial charge on any atom is 0.490 e. The van der Waals surface area contributed by atoms with Gasteiger partial charge in [-0.2, -0.15) is 13.2 Å². The molecule has 244 valence electrons. The van der Waals surface area contributed by atoms with Crippen molar-refractivity contribution in [3.8, 4) is 0 Å². The number of alkyl halides is 3. The fraction of sp³-hybridized carbons (Fsp3) is 0.128. The van der Waals surface area contributed by atoms with Crippen LogP contribution in [0.15, 0.2) is 125 Å². The Balaban J connectivity index is 1.34. The van der Waals surface area contributed by atoms with Gasteiger partial charge in [0.2, 0.25) is 0 Å². The molecule has 7 rings (SSSR count). The molecule has 2 aliphatic carbocycles. The molecule has 0 radical (unpaired) electrons. The summed E-state index contributed by atoms with van der Waals surface area (Å²) in [7, 11) is 0. The number of nitrogens with one attached hydrogen (secondary N) is 1. The van der Waals surface area contributed by atoms with Gasteiger partial charge >= 0.3 is 12.1 Å². The largest absolute Gasteiger partial charge is 0.490 e. The minimum absolute atomic E-state index is 0.00739. The van der Waals surface area contributed by atoms with Crippen molar-refractivity contribution in [1.82, 2.24) is 0 Å². The van der Waals surface area contributed by atoms with Gasteiger partial charge in [-0.25, -0.2) is 4.79 Å². The van der Waals surface area contributed by atoms with Crippen LogP contribution in [0.4, 0.5) is 18.9 Å². The number of carbonyl (C=O) groups is 3. The first-order valence-corrected chi connectivity index (χ1v) is 15.8. The molecule has 0 fully saturated rings. The lowest BCUT2D eigenvalue weighted by molar-refractivity contribution is -0.206. The number of esters is 1. The average Bonchev–Trinajstić information content (AvgIpc) is 3.30. The molecule has 1 unspecified atom stereocenters. The van der Waals surface area contributed by atoms with Crippen molar-refractivity contribution >= 4 is 63.7 Å². The van der Waals surface area contributed by atoms with Crippen molar-refractivity contribution in [3.05, 3.63) is 146 Å². The van der Waals surface area contributed by atoms with E-state index in [0.29, 0.717) is 11.1 Å². The number of hydrogen-bond acceptors (Lipinski definition) is 5. The van der Waals surface area contributed by atoms with Crippen molar-refractivity contribution in [3.63, 3.8) is 0 Å². The fourth-order valence-electron chi connectivity index (χ4n) is 6.60. The maximum atomic E-state index is 14.1. The fourth-order valence-corrected chi connectivity index (χ4v) is 6.77. The van der Waals surface area contributed by atoms with Gasteiger partial charge in [-0.15, -0.1) is 0 Å². The molecule has 4 aromatic carbocycles. The lowest BCUT2D eigenvalue weighted by Gasteiger charge is -2.34. The number of benzene rings is 4. The number of nitrogens with zero attached hydrogens (tertiary/aromatic N) is 1. The molecule has 0 spiro atoms. The molecular formula is C39H26ClF3N2O4. The van der Waals surface area contributed by atoms with Crippen LogP contribution in [-0.2, 0) is 14.3 Å². The van der Waals surface area contributed by atoms with Gasteiger partial charge in [0.05, 0.1) is 5.69 Å². The predicted octanol–water partition coefficient (Wildman–Crippen LogP) is 7.01. The summed E-state index contributed by atoms with van der Waals surface area (Å²) in [4.78, 5) is 44.4. The summed E-state index contributed by atoms with van der Waals surface area (Å²) in [5.41, 5.74) is 3.35. The van der Waals surface area contributed by atoms with Crippen molar-refractivity contribution in [2.45, 2.75) is 25.1 Å². The number of ketones is 1. The van der Waals surface area contributed by atoms with Crippen LogP contribution in [0.3, 0.4) is 0 Å². The van der Waals surface area contributed by atoms with Crippen molar-refractivity contribution in [1.29, 1.82) is 0 Å².